The number of likely N-dealkylation sites (N-methyl/N-ethyl adjacent to an activating group) is 1. The minimum Gasteiger partial charge on any atom is -0.493 e. The van der Waals surface area contributed by atoms with E-state index in [0.717, 1.165) is 11.3 Å². The largest absolute Gasteiger partial charge is 0.493 e. The lowest BCUT2D eigenvalue weighted by atomic mass is 10.1. The summed E-state index contributed by atoms with van der Waals surface area (Å²) in [6, 6.07) is 9.05. The van der Waals surface area contributed by atoms with E-state index in [1.807, 2.05) is 25.2 Å². The number of anilines is 2. The zero-order valence-electron chi connectivity index (χ0n) is 18.6. The second kappa shape index (κ2) is 10.3. The Morgan fingerprint density at radius 1 is 1.21 bits per heavy atom. The van der Waals surface area contributed by atoms with E-state index in [1.165, 1.54) is 20.4 Å². The third-order valence-corrected chi connectivity index (χ3v) is 5.33. The molecule has 0 bridgehead atoms. The Balaban J connectivity index is 1.64. The van der Waals surface area contributed by atoms with Crippen molar-refractivity contribution in [2.24, 2.45) is 0 Å². The summed E-state index contributed by atoms with van der Waals surface area (Å²) in [6.07, 6.45) is 1.24. The highest BCUT2D eigenvalue weighted by Crippen LogP contribution is 2.35. The zero-order chi connectivity index (χ0) is 23.4. The molecule has 4 rings (SSSR count). The molecular formula is C23H25ClN4O5. The summed E-state index contributed by atoms with van der Waals surface area (Å²) < 4.78 is 21.8. The van der Waals surface area contributed by atoms with E-state index in [1.54, 1.807) is 12.1 Å². The van der Waals surface area contributed by atoms with Crippen molar-refractivity contribution in [3.05, 3.63) is 47.2 Å². The predicted octanol–water partition coefficient (Wildman–Crippen LogP) is 3.77. The SMILES string of the molecule is COc1cc2ncnc(Nc3cc(Cl)ccc3CN(C)CC3OCCO3)c2cc1OC(C)=O. The number of hydrogen-bond donors (Lipinski definition) is 1. The molecule has 9 nitrogen and oxygen atoms in total. The smallest absolute Gasteiger partial charge is 0.308 e. The maximum absolute atomic E-state index is 11.5. The van der Waals surface area contributed by atoms with E-state index < -0.39 is 5.97 Å². The average Bonchev–Trinajstić information content (AvgIpc) is 3.28. The Bertz CT molecular complexity index is 1150. The molecule has 0 atom stereocenters. The molecule has 0 radical (unpaired) electrons. The average molecular weight is 473 g/mol. The molecule has 174 valence electrons. The number of rotatable bonds is 8. The minimum atomic E-state index is -0.450. The van der Waals surface area contributed by atoms with Crippen molar-refractivity contribution in [2.75, 3.05) is 39.2 Å². The molecule has 0 saturated carbocycles. The van der Waals surface area contributed by atoms with Crippen LogP contribution < -0.4 is 14.8 Å². The molecule has 1 aliphatic heterocycles. The lowest BCUT2D eigenvalue weighted by Gasteiger charge is -2.22. The van der Waals surface area contributed by atoms with Gasteiger partial charge in [-0.1, -0.05) is 17.7 Å². The van der Waals surface area contributed by atoms with Crippen LogP contribution in [0.3, 0.4) is 0 Å². The number of carbonyl (C=O) groups is 1. The molecule has 33 heavy (non-hydrogen) atoms. The Morgan fingerprint density at radius 2 is 2.00 bits per heavy atom. The van der Waals surface area contributed by atoms with Gasteiger partial charge >= 0.3 is 5.97 Å². The van der Waals surface area contributed by atoms with Crippen molar-refractivity contribution in [2.45, 2.75) is 19.8 Å². The van der Waals surface area contributed by atoms with Crippen LogP contribution in [0.1, 0.15) is 12.5 Å². The molecule has 1 saturated heterocycles. The Morgan fingerprint density at radius 3 is 2.73 bits per heavy atom. The second-order valence-electron chi connectivity index (χ2n) is 7.63. The summed E-state index contributed by atoms with van der Waals surface area (Å²) in [5, 5.41) is 4.63. The number of ether oxygens (including phenoxy) is 4. The molecule has 0 spiro atoms. The topological polar surface area (TPSA) is 95.0 Å². The summed E-state index contributed by atoms with van der Waals surface area (Å²) in [6.45, 7) is 3.85. The monoisotopic (exact) mass is 472 g/mol. The van der Waals surface area contributed by atoms with Gasteiger partial charge in [0, 0.05) is 42.2 Å². The highest BCUT2D eigenvalue weighted by atomic mass is 35.5. The van der Waals surface area contributed by atoms with Gasteiger partial charge < -0.3 is 24.3 Å². The van der Waals surface area contributed by atoms with E-state index in [-0.39, 0.29) is 12.0 Å². The van der Waals surface area contributed by atoms with Crippen LogP contribution in [-0.2, 0) is 20.8 Å². The zero-order valence-corrected chi connectivity index (χ0v) is 19.4. The van der Waals surface area contributed by atoms with Crippen molar-refractivity contribution in [3.63, 3.8) is 0 Å². The first kappa shape index (κ1) is 23.2. The van der Waals surface area contributed by atoms with Gasteiger partial charge in [-0.3, -0.25) is 9.69 Å². The molecule has 1 aromatic heterocycles. The normalized spacial score (nSPS) is 14.1. The number of methoxy groups -OCH3 is 1. The minimum absolute atomic E-state index is 0.223. The van der Waals surface area contributed by atoms with Gasteiger partial charge in [-0.05, 0) is 30.8 Å². The van der Waals surface area contributed by atoms with E-state index in [9.17, 15) is 4.79 Å². The van der Waals surface area contributed by atoms with Crippen LogP contribution in [0.25, 0.3) is 10.9 Å². The molecular weight excluding hydrogens is 448 g/mol. The predicted molar refractivity (Wildman–Crippen MR) is 124 cm³/mol. The summed E-state index contributed by atoms with van der Waals surface area (Å²) in [4.78, 5) is 22.4. The van der Waals surface area contributed by atoms with Gasteiger partial charge in [0.05, 0.1) is 25.8 Å². The van der Waals surface area contributed by atoms with Gasteiger partial charge in [-0.25, -0.2) is 9.97 Å². The molecule has 2 heterocycles. The van der Waals surface area contributed by atoms with Crippen molar-refractivity contribution in [1.29, 1.82) is 0 Å². The molecule has 2 aromatic carbocycles. The molecule has 1 fully saturated rings. The fourth-order valence-corrected chi connectivity index (χ4v) is 3.78. The maximum Gasteiger partial charge on any atom is 0.308 e. The van der Waals surface area contributed by atoms with Gasteiger partial charge in [0.15, 0.2) is 17.8 Å². The van der Waals surface area contributed by atoms with Crippen LogP contribution in [-0.4, -0.2) is 61.0 Å². The third-order valence-electron chi connectivity index (χ3n) is 5.09. The first-order chi connectivity index (χ1) is 15.9. The lowest BCUT2D eigenvalue weighted by molar-refractivity contribution is -0.132. The Labute approximate surface area is 196 Å². The van der Waals surface area contributed by atoms with Crippen LogP contribution >= 0.6 is 11.6 Å². The molecule has 3 aromatic rings. The fourth-order valence-electron chi connectivity index (χ4n) is 3.61. The highest BCUT2D eigenvalue weighted by Gasteiger charge is 2.19. The number of hydrogen-bond acceptors (Lipinski definition) is 9. The number of fused-ring (bicyclic) bond motifs is 1. The Kier molecular flexibility index (Phi) is 7.24. The molecule has 0 amide bonds. The quantitative estimate of drug-likeness (QED) is 0.388. The number of aromatic nitrogens is 2. The van der Waals surface area contributed by atoms with Gasteiger partial charge in [0.1, 0.15) is 12.1 Å². The Hall–Kier alpha value is -2.98. The number of carbonyl (C=O) groups excluding carboxylic acids is 1. The number of halogens is 1. The van der Waals surface area contributed by atoms with E-state index in [0.29, 0.717) is 53.8 Å². The molecule has 10 heteroatoms. The van der Waals surface area contributed by atoms with Crippen molar-refractivity contribution in [1.82, 2.24) is 14.9 Å². The lowest BCUT2D eigenvalue weighted by Crippen LogP contribution is -2.29. The molecule has 0 aliphatic carbocycles. The van der Waals surface area contributed by atoms with Crippen LogP contribution in [0, 0.1) is 0 Å². The summed E-state index contributed by atoms with van der Waals surface area (Å²) in [7, 11) is 3.51. The van der Waals surface area contributed by atoms with E-state index >= 15 is 0 Å². The second-order valence-corrected chi connectivity index (χ2v) is 8.07. The summed E-state index contributed by atoms with van der Waals surface area (Å²) in [5.74, 6) is 0.792. The van der Waals surface area contributed by atoms with Crippen LogP contribution in [0.5, 0.6) is 11.5 Å². The number of nitrogens with one attached hydrogen (secondary N) is 1. The molecule has 1 aliphatic rings. The van der Waals surface area contributed by atoms with Gasteiger partial charge in [-0.15, -0.1) is 0 Å². The maximum atomic E-state index is 11.5. The van der Waals surface area contributed by atoms with E-state index in [2.05, 4.69) is 20.2 Å². The third kappa shape index (κ3) is 5.69. The van der Waals surface area contributed by atoms with Gasteiger partial charge in [-0.2, -0.15) is 0 Å². The first-order valence-electron chi connectivity index (χ1n) is 10.4. The van der Waals surface area contributed by atoms with Gasteiger partial charge in [0.2, 0.25) is 0 Å². The number of nitrogens with zero attached hydrogens (tertiary/aromatic N) is 3. The molecule has 1 N–H and O–H groups in total. The fraction of sp³-hybridized carbons (Fsp3) is 0.348. The number of esters is 1. The first-order valence-corrected chi connectivity index (χ1v) is 10.8. The highest BCUT2D eigenvalue weighted by molar-refractivity contribution is 6.30. The van der Waals surface area contributed by atoms with Crippen molar-refractivity contribution >= 4 is 40.0 Å². The molecule has 0 unspecified atom stereocenters. The van der Waals surface area contributed by atoms with Crippen molar-refractivity contribution in [3.8, 4) is 11.5 Å². The van der Waals surface area contributed by atoms with Crippen LogP contribution in [0.4, 0.5) is 11.5 Å². The van der Waals surface area contributed by atoms with Gasteiger partial charge in [0.25, 0.3) is 0 Å². The number of benzene rings is 2. The summed E-state index contributed by atoms with van der Waals surface area (Å²) >= 11 is 6.30. The van der Waals surface area contributed by atoms with Crippen molar-refractivity contribution < 1.29 is 23.7 Å². The standard InChI is InChI=1S/C23H25ClN4O5/c1-14(29)33-21-9-17-19(10-20(21)30-3)25-13-26-23(17)27-18-8-16(24)5-4-15(18)11-28(2)12-22-31-6-7-32-22/h4-5,8-10,13,22H,6-7,11-12H2,1-3H3,(H,25,26,27). The summed E-state index contributed by atoms with van der Waals surface area (Å²) in [5.41, 5.74) is 2.45. The van der Waals surface area contributed by atoms with E-state index in [4.69, 9.17) is 30.5 Å². The van der Waals surface area contributed by atoms with Crippen LogP contribution in [0.2, 0.25) is 5.02 Å². The van der Waals surface area contributed by atoms with Crippen LogP contribution in [0.15, 0.2) is 36.7 Å².